The van der Waals surface area contributed by atoms with Gasteiger partial charge >= 0.3 is 0 Å². The number of hydrogen-bond donors (Lipinski definition) is 1. The van der Waals surface area contributed by atoms with Crippen LogP contribution in [0.15, 0.2) is 11.4 Å². The highest BCUT2D eigenvalue weighted by molar-refractivity contribution is 7.10. The van der Waals surface area contributed by atoms with Crippen LogP contribution in [0.1, 0.15) is 10.4 Å². The van der Waals surface area contributed by atoms with Crippen molar-refractivity contribution in [3.8, 4) is 6.07 Å². The SMILES string of the molecule is N#Cc1cc(CO)cs1. The van der Waals surface area contributed by atoms with Crippen molar-refractivity contribution in [1.82, 2.24) is 0 Å². The monoisotopic (exact) mass is 139 g/mol. The Labute approximate surface area is 57.0 Å². The van der Waals surface area contributed by atoms with Crippen molar-refractivity contribution in [2.75, 3.05) is 0 Å². The number of hydrogen-bond acceptors (Lipinski definition) is 3. The lowest BCUT2D eigenvalue weighted by Crippen LogP contribution is -1.73. The maximum atomic E-state index is 8.54. The van der Waals surface area contributed by atoms with Crippen LogP contribution in [0.2, 0.25) is 0 Å². The summed E-state index contributed by atoms with van der Waals surface area (Å²) >= 11 is 1.35. The summed E-state index contributed by atoms with van der Waals surface area (Å²) in [5.74, 6) is 0. The number of rotatable bonds is 1. The predicted molar refractivity (Wildman–Crippen MR) is 35.0 cm³/mol. The largest absolute Gasteiger partial charge is 0.392 e. The van der Waals surface area contributed by atoms with Crippen molar-refractivity contribution >= 4 is 11.3 Å². The third kappa shape index (κ3) is 1.28. The van der Waals surface area contributed by atoms with Crippen LogP contribution >= 0.6 is 11.3 Å². The molecule has 3 heteroatoms. The van der Waals surface area contributed by atoms with Gasteiger partial charge in [0.1, 0.15) is 10.9 Å². The molecule has 1 aromatic heterocycles. The highest BCUT2D eigenvalue weighted by Crippen LogP contribution is 2.12. The van der Waals surface area contributed by atoms with E-state index in [-0.39, 0.29) is 6.61 Å². The van der Waals surface area contributed by atoms with Gasteiger partial charge in [-0.3, -0.25) is 0 Å². The molecule has 0 saturated heterocycles. The smallest absolute Gasteiger partial charge is 0.110 e. The molecule has 1 heterocycles. The number of thiophene rings is 1. The van der Waals surface area contributed by atoms with Crippen LogP contribution < -0.4 is 0 Å². The first-order chi connectivity index (χ1) is 4.36. The first kappa shape index (κ1) is 6.27. The van der Waals surface area contributed by atoms with Crippen LogP contribution in [0.25, 0.3) is 0 Å². The van der Waals surface area contributed by atoms with E-state index in [1.165, 1.54) is 11.3 Å². The maximum Gasteiger partial charge on any atom is 0.110 e. The zero-order chi connectivity index (χ0) is 6.69. The summed E-state index contributed by atoms with van der Waals surface area (Å²) in [5.41, 5.74) is 0.816. The molecule has 0 spiro atoms. The summed E-state index contributed by atoms with van der Waals surface area (Å²) in [6.45, 7) is 0.0260. The second-order valence-corrected chi connectivity index (χ2v) is 2.50. The third-order valence-corrected chi connectivity index (χ3v) is 1.83. The fourth-order valence-electron chi connectivity index (χ4n) is 0.517. The lowest BCUT2D eigenvalue weighted by atomic mass is 10.3. The van der Waals surface area contributed by atoms with Crippen LogP contribution in [0, 0.1) is 11.3 Å². The molecule has 1 rings (SSSR count). The van der Waals surface area contributed by atoms with E-state index in [4.69, 9.17) is 10.4 Å². The second-order valence-electron chi connectivity index (χ2n) is 1.59. The van der Waals surface area contributed by atoms with Gasteiger partial charge in [0.15, 0.2) is 0 Å². The van der Waals surface area contributed by atoms with E-state index >= 15 is 0 Å². The van der Waals surface area contributed by atoms with Gasteiger partial charge in [-0.1, -0.05) is 0 Å². The Balaban J connectivity index is 2.90. The third-order valence-electron chi connectivity index (χ3n) is 0.947. The van der Waals surface area contributed by atoms with Gasteiger partial charge in [0.05, 0.1) is 6.61 Å². The summed E-state index contributed by atoms with van der Waals surface area (Å²) in [4.78, 5) is 0.652. The fourth-order valence-corrected chi connectivity index (χ4v) is 1.21. The zero-order valence-corrected chi connectivity index (χ0v) is 5.48. The average Bonchev–Trinajstić information content (AvgIpc) is 2.34. The molecule has 0 fully saturated rings. The van der Waals surface area contributed by atoms with E-state index in [1.807, 2.05) is 6.07 Å². The molecule has 0 aliphatic heterocycles. The van der Waals surface area contributed by atoms with Gasteiger partial charge < -0.3 is 5.11 Å². The molecule has 0 amide bonds. The van der Waals surface area contributed by atoms with Crippen molar-refractivity contribution in [3.63, 3.8) is 0 Å². The van der Waals surface area contributed by atoms with Crippen LogP contribution in [0.4, 0.5) is 0 Å². The molecular weight excluding hydrogens is 134 g/mol. The molecule has 0 bridgehead atoms. The van der Waals surface area contributed by atoms with Crippen molar-refractivity contribution in [3.05, 3.63) is 21.9 Å². The average molecular weight is 139 g/mol. The van der Waals surface area contributed by atoms with Gasteiger partial charge in [-0.15, -0.1) is 11.3 Å². The Bertz CT molecular complexity index is 235. The first-order valence-electron chi connectivity index (χ1n) is 2.45. The van der Waals surface area contributed by atoms with Crippen molar-refractivity contribution < 1.29 is 5.11 Å². The molecule has 0 saturated carbocycles. The minimum absolute atomic E-state index is 0.0260. The number of aliphatic hydroxyl groups is 1. The molecule has 0 atom stereocenters. The molecule has 0 aromatic carbocycles. The van der Waals surface area contributed by atoms with Gasteiger partial charge in [0.25, 0.3) is 0 Å². The lowest BCUT2D eigenvalue weighted by Gasteiger charge is -1.79. The van der Waals surface area contributed by atoms with E-state index in [1.54, 1.807) is 11.4 Å². The summed E-state index contributed by atoms with van der Waals surface area (Å²) in [6, 6.07) is 3.67. The lowest BCUT2D eigenvalue weighted by molar-refractivity contribution is 0.282. The minimum Gasteiger partial charge on any atom is -0.392 e. The van der Waals surface area contributed by atoms with Crippen molar-refractivity contribution in [1.29, 1.82) is 5.26 Å². The number of nitrogens with zero attached hydrogens (tertiary/aromatic N) is 1. The van der Waals surface area contributed by atoms with Gasteiger partial charge in [0, 0.05) is 0 Å². The quantitative estimate of drug-likeness (QED) is 0.633. The molecule has 0 aliphatic carbocycles. The number of nitriles is 1. The Morgan fingerprint density at radius 3 is 2.89 bits per heavy atom. The molecule has 9 heavy (non-hydrogen) atoms. The fraction of sp³-hybridized carbons (Fsp3) is 0.167. The van der Waals surface area contributed by atoms with Crippen LogP contribution in [-0.4, -0.2) is 5.11 Å². The molecule has 0 unspecified atom stereocenters. The van der Waals surface area contributed by atoms with Gasteiger partial charge in [-0.05, 0) is 17.0 Å². The Kier molecular flexibility index (Phi) is 1.83. The zero-order valence-electron chi connectivity index (χ0n) is 4.66. The van der Waals surface area contributed by atoms with Gasteiger partial charge in [0.2, 0.25) is 0 Å². The summed E-state index contributed by atoms with van der Waals surface area (Å²) < 4.78 is 0. The van der Waals surface area contributed by atoms with E-state index < -0.39 is 0 Å². The van der Waals surface area contributed by atoms with Crippen LogP contribution in [-0.2, 0) is 6.61 Å². The number of aliphatic hydroxyl groups excluding tert-OH is 1. The Morgan fingerprint density at radius 1 is 1.78 bits per heavy atom. The van der Waals surface area contributed by atoms with Crippen molar-refractivity contribution in [2.24, 2.45) is 0 Å². The topological polar surface area (TPSA) is 44.0 Å². The van der Waals surface area contributed by atoms with Crippen molar-refractivity contribution in [2.45, 2.75) is 6.61 Å². The van der Waals surface area contributed by atoms with E-state index in [2.05, 4.69) is 0 Å². The molecule has 46 valence electrons. The maximum absolute atomic E-state index is 8.54. The summed E-state index contributed by atoms with van der Waals surface area (Å²) in [7, 11) is 0. The molecule has 2 nitrogen and oxygen atoms in total. The summed E-state index contributed by atoms with van der Waals surface area (Å²) in [6.07, 6.45) is 0. The molecule has 0 aliphatic rings. The Morgan fingerprint density at radius 2 is 2.56 bits per heavy atom. The summed E-state index contributed by atoms with van der Waals surface area (Å²) in [5, 5.41) is 18.6. The predicted octanol–water partition coefficient (Wildman–Crippen LogP) is 1.11. The normalized spacial score (nSPS) is 8.89. The van der Waals surface area contributed by atoms with Crippen LogP contribution in [0.5, 0.6) is 0 Å². The highest BCUT2D eigenvalue weighted by atomic mass is 32.1. The second kappa shape index (κ2) is 2.62. The highest BCUT2D eigenvalue weighted by Gasteiger charge is 1.94. The van der Waals surface area contributed by atoms with E-state index in [0.717, 1.165) is 5.56 Å². The molecular formula is C6H5NOS. The van der Waals surface area contributed by atoms with E-state index in [9.17, 15) is 0 Å². The van der Waals surface area contributed by atoms with Gasteiger partial charge in [-0.2, -0.15) is 5.26 Å². The molecule has 1 aromatic rings. The van der Waals surface area contributed by atoms with Crippen LogP contribution in [0.3, 0.4) is 0 Å². The first-order valence-corrected chi connectivity index (χ1v) is 3.33. The molecule has 0 radical (unpaired) electrons. The minimum atomic E-state index is 0.0260. The Hall–Kier alpha value is -0.850. The molecule has 1 N–H and O–H groups in total. The standard InChI is InChI=1S/C6H5NOS/c7-2-6-1-5(3-8)4-9-6/h1,4,8H,3H2. The van der Waals surface area contributed by atoms with Gasteiger partial charge in [-0.25, -0.2) is 0 Å². The van der Waals surface area contributed by atoms with E-state index in [0.29, 0.717) is 4.88 Å².